The molecule has 0 aliphatic carbocycles. The van der Waals surface area contributed by atoms with Gasteiger partial charge in [0.05, 0.1) is 12.5 Å². The number of rotatable bonds is 5. The van der Waals surface area contributed by atoms with Crippen LogP contribution in [0.3, 0.4) is 0 Å². The molecule has 0 aliphatic heterocycles. The largest absolute Gasteiger partial charge is 0.466 e. The molecule has 0 saturated carbocycles. The lowest BCUT2D eigenvalue weighted by atomic mass is 9.96. The van der Waals surface area contributed by atoms with Gasteiger partial charge in [-0.05, 0) is 31.4 Å². The van der Waals surface area contributed by atoms with Crippen molar-refractivity contribution in [2.45, 2.75) is 26.7 Å². The quantitative estimate of drug-likeness (QED) is 0.729. The van der Waals surface area contributed by atoms with Crippen LogP contribution < -0.4 is 0 Å². The van der Waals surface area contributed by atoms with Gasteiger partial charge in [0.15, 0.2) is 0 Å². The first-order valence-corrected chi connectivity index (χ1v) is 5.73. The zero-order chi connectivity index (χ0) is 12.7. The maximum absolute atomic E-state index is 11.7. The van der Waals surface area contributed by atoms with Gasteiger partial charge in [0.1, 0.15) is 11.8 Å². The van der Waals surface area contributed by atoms with Crippen molar-refractivity contribution in [1.29, 1.82) is 5.26 Å². The van der Waals surface area contributed by atoms with E-state index in [0.717, 1.165) is 5.56 Å². The number of carbonyl (C=O) groups excluding carboxylic acids is 1. The molecule has 1 atom stereocenters. The van der Waals surface area contributed by atoms with E-state index in [-0.39, 0.29) is 11.9 Å². The van der Waals surface area contributed by atoms with E-state index >= 15 is 0 Å². The highest BCUT2D eigenvalue weighted by Gasteiger charge is 2.19. The van der Waals surface area contributed by atoms with Gasteiger partial charge in [0, 0.05) is 6.20 Å². The Morgan fingerprint density at radius 2 is 2.35 bits per heavy atom. The number of nitrogens with zero attached hydrogens (tertiary/aromatic N) is 2. The van der Waals surface area contributed by atoms with Crippen LogP contribution in [-0.4, -0.2) is 17.6 Å². The van der Waals surface area contributed by atoms with Gasteiger partial charge in [-0.1, -0.05) is 13.0 Å². The maximum Gasteiger partial charge on any atom is 0.309 e. The number of aromatic nitrogens is 1. The molecule has 4 nitrogen and oxygen atoms in total. The van der Waals surface area contributed by atoms with Crippen LogP contribution in [0.15, 0.2) is 18.3 Å². The van der Waals surface area contributed by atoms with Gasteiger partial charge in [0.25, 0.3) is 0 Å². The average molecular weight is 232 g/mol. The van der Waals surface area contributed by atoms with Crippen molar-refractivity contribution in [2.24, 2.45) is 5.92 Å². The topological polar surface area (TPSA) is 63.0 Å². The van der Waals surface area contributed by atoms with Crippen molar-refractivity contribution in [3.05, 3.63) is 29.6 Å². The summed E-state index contributed by atoms with van der Waals surface area (Å²) in [6.45, 7) is 4.10. The molecule has 1 aromatic heterocycles. The predicted molar refractivity (Wildman–Crippen MR) is 63.1 cm³/mol. The van der Waals surface area contributed by atoms with Gasteiger partial charge >= 0.3 is 5.97 Å². The monoisotopic (exact) mass is 232 g/mol. The average Bonchev–Trinajstić information content (AvgIpc) is 2.36. The summed E-state index contributed by atoms with van der Waals surface area (Å²) in [5.74, 6) is -0.408. The van der Waals surface area contributed by atoms with E-state index in [2.05, 4.69) is 4.98 Å². The number of carbonyl (C=O) groups is 1. The molecule has 1 rings (SSSR count). The van der Waals surface area contributed by atoms with E-state index < -0.39 is 0 Å². The smallest absolute Gasteiger partial charge is 0.309 e. The van der Waals surface area contributed by atoms with E-state index in [0.29, 0.717) is 25.1 Å². The van der Waals surface area contributed by atoms with E-state index in [4.69, 9.17) is 10.00 Å². The summed E-state index contributed by atoms with van der Waals surface area (Å²) in [4.78, 5) is 15.6. The molecule has 1 aromatic rings. The predicted octanol–water partition coefficient (Wildman–Crippen LogP) is 2.09. The normalized spacial score (nSPS) is 11.6. The lowest BCUT2D eigenvalue weighted by Gasteiger charge is -2.13. The van der Waals surface area contributed by atoms with Crippen LogP contribution in [0.4, 0.5) is 0 Å². The van der Waals surface area contributed by atoms with Gasteiger partial charge < -0.3 is 4.74 Å². The van der Waals surface area contributed by atoms with E-state index in [1.165, 1.54) is 0 Å². The van der Waals surface area contributed by atoms with Gasteiger partial charge in [-0.25, -0.2) is 4.98 Å². The molecule has 1 heterocycles. The van der Waals surface area contributed by atoms with Gasteiger partial charge in [0.2, 0.25) is 0 Å². The first-order chi connectivity index (χ1) is 8.22. The lowest BCUT2D eigenvalue weighted by Crippen LogP contribution is -2.20. The minimum atomic E-state index is -0.206. The summed E-state index contributed by atoms with van der Waals surface area (Å²) in [6, 6.07) is 5.63. The van der Waals surface area contributed by atoms with E-state index in [1.807, 2.05) is 19.1 Å². The summed E-state index contributed by atoms with van der Waals surface area (Å²) in [6.07, 6.45) is 2.78. The summed E-state index contributed by atoms with van der Waals surface area (Å²) < 4.78 is 5.00. The third-order valence-electron chi connectivity index (χ3n) is 2.58. The number of ether oxygens (including phenoxy) is 1. The second-order valence-corrected chi connectivity index (χ2v) is 3.68. The number of pyridine rings is 1. The molecule has 0 amide bonds. The molecule has 0 spiro atoms. The van der Waals surface area contributed by atoms with Gasteiger partial charge in [-0.3, -0.25) is 4.79 Å². The summed E-state index contributed by atoms with van der Waals surface area (Å²) >= 11 is 0. The summed E-state index contributed by atoms with van der Waals surface area (Å²) in [5, 5.41) is 8.92. The number of nitriles is 1. The highest BCUT2D eigenvalue weighted by atomic mass is 16.5. The highest BCUT2D eigenvalue weighted by molar-refractivity contribution is 5.72. The Morgan fingerprint density at radius 3 is 2.94 bits per heavy atom. The number of hydrogen-bond donors (Lipinski definition) is 0. The standard InChI is InChI=1S/C13H16N2O2/c1-3-10(13(16)17-4-2)8-11-6-5-7-15-12(11)9-14/h5-7,10H,3-4,8H2,1-2H3. The molecule has 17 heavy (non-hydrogen) atoms. The zero-order valence-corrected chi connectivity index (χ0v) is 10.1. The van der Waals surface area contributed by atoms with Crippen molar-refractivity contribution in [3.8, 4) is 6.07 Å². The fourth-order valence-corrected chi connectivity index (χ4v) is 1.62. The molecule has 0 aromatic carbocycles. The van der Waals surface area contributed by atoms with Gasteiger partial charge in [-0.2, -0.15) is 5.26 Å². The summed E-state index contributed by atoms with van der Waals surface area (Å²) in [7, 11) is 0. The van der Waals surface area contributed by atoms with Crippen LogP contribution in [0.25, 0.3) is 0 Å². The fourth-order valence-electron chi connectivity index (χ4n) is 1.62. The maximum atomic E-state index is 11.7. The minimum Gasteiger partial charge on any atom is -0.466 e. The number of hydrogen-bond acceptors (Lipinski definition) is 4. The number of esters is 1. The molecular formula is C13H16N2O2. The van der Waals surface area contributed by atoms with Crippen LogP contribution in [0.1, 0.15) is 31.5 Å². The SMILES string of the molecule is CCOC(=O)C(CC)Cc1cccnc1C#N. The molecular weight excluding hydrogens is 216 g/mol. The Balaban J connectivity index is 2.81. The second kappa shape index (κ2) is 6.64. The Bertz CT molecular complexity index is 424. The molecule has 0 radical (unpaired) electrons. The van der Waals surface area contributed by atoms with Gasteiger partial charge in [-0.15, -0.1) is 0 Å². The Morgan fingerprint density at radius 1 is 1.59 bits per heavy atom. The lowest BCUT2D eigenvalue weighted by molar-refractivity contribution is -0.148. The van der Waals surface area contributed by atoms with Crippen molar-refractivity contribution in [2.75, 3.05) is 6.61 Å². The minimum absolute atomic E-state index is 0.203. The first kappa shape index (κ1) is 13.2. The molecule has 90 valence electrons. The van der Waals surface area contributed by atoms with Crippen molar-refractivity contribution >= 4 is 5.97 Å². The highest BCUT2D eigenvalue weighted by Crippen LogP contribution is 2.15. The molecule has 4 heteroatoms. The van der Waals surface area contributed by atoms with Crippen LogP contribution in [0.2, 0.25) is 0 Å². The van der Waals surface area contributed by atoms with Crippen LogP contribution in [0.5, 0.6) is 0 Å². The zero-order valence-electron chi connectivity index (χ0n) is 10.1. The molecule has 0 bridgehead atoms. The first-order valence-electron chi connectivity index (χ1n) is 5.73. The third-order valence-corrected chi connectivity index (χ3v) is 2.58. The molecule has 1 unspecified atom stereocenters. The van der Waals surface area contributed by atoms with Crippen LogP contribution in [0, 0.1) is 17.2 Å². The second-order valence-electron chi connectivity index (χ2n) is 3.68. The van der Waals surface area contributed by atoms with Crippen molar-refractivity contribution in [3.63, 3.8) is 0 Å². The molecule has 0 aliphatic rings. The van der Waals surface area contributed by atoms with Crippen LogP contribution >= 0.6 is 0 Å². The Hall–Kier alpha value is -1.89. The van der Waals surface area contributed by atoms with E-state index in [1.54, 1.807) is 19.2 Å². The van der Waals surface area contributed by atoms with Crippen molar-refractivity contribution < 1.29 is 9.53 Å². The molecule has 0 saturated heterocycles. The fraction of sp³-hybridized carbons (Fsp3) is 0.462. The van der Waals surface area contributed by atoms with Crippen LogP contribution in [-0.2, 0) is 16.0 Å². The Labute approximate surface area is 101 Å². The van der Waals surface area contributed by atoms with E-state index in [9.17, 15) is 4.79 Å². The van der Waals surface area contributed by atoms with Crippen molar-refractivity contribution in [1.82, 2.24) is 4.98 Å². The molecule has 0 fully saturated rings. The molecule has 0 N–H and O–H groups in total. The summed E-state index contributed by atoms with van der Waals surface area (Å²) in [5.41, 5.74) is 1.19. The third kappa shape index (κ3) is 3.56. The Kier molecular flexibility index (Phi) is 5.15.